The van der Waals surface area contributed by atoms with Gasteiger partial charge in [-0.2, -0.15) is 0 Å². The zero-order valence-electron chi connectivity index (χ0n) is 13.9. The molecule has 0 spiro atoms. The van der Waals surface area contributed by atoms with E-state index in [-0.39, 0.29) is 11.0 Å². The molecular weight excluding hydrogens is 382 g/mol. The molecule has 1 N–H and O–H groups in total. The average Bonchev–Trinajstić information content (AvgIpc) is 3.33. The quantitative estimate of drug-likeness (QED) is 0.346. The van der Waals surface area contributed by atoms with Crippen molar-refractivity contribution >= 4 is 51.5 Å². The van der Waals surface area contributed by atoms with Crippen LogP contribution in [0.25, 0.3) is 10.9 Å². The molecule has 0 unspecified atom stereocenters. The number of hydrogen-bond acceptors (Lipinski definition) is 6. The van der Waals surface area contributed by atoms with Gasteiger partial charge in [0.25, 0.3) is 0 Å². The predicted molar refractivity (Wildman–Crippen MR) is 109 cm³/mol. The zero-order valence-corrected chi connectivity index (χ0v) is 16.3. The van der Waals surface area contributed by atoms with E-state index in [0.717, 1.165) is 25.1 Å². The number of benzene rings is 2. The van der Waals surface area contributed by atoms with Gasteiger partial charge in [-0.15, -0.1) is 10.2 Å². The summed E-state index contributed by atoms with van der Waals surface area (Å²) >= 11 is 4.54. The molecule has 0 aliphatic carbocycles. The number of H-pyrrole nitrogens is 1. The lowest BCUT2D eigenvalue weighted by Gasteiger charge is -2.14. The van der Waals surface area contributed by atoms with Gasteiger partial charge in [0.2, 0.25) is 0 Å². The molecule has 4 nitrogen and oxygen atoms in total. The molecule has 130 valence electrons. The Morgan fingerprint density at radius 2 is 1.77 bits per heavy atom. The fourth-order valence-corrected chi connectivity index (χ4v) is 5.44. The number of Topliss-reactive ketones (excluding diaryl/α,β-unsaturated/α-hetero) is 1. The summed E-state index contributed by atoms with van der Waals surface area (Å²) in [6, 6.07) is 17.7. The number of rotatable bonds is 6. The van der Waals surface area contributed by atoms with E-state index < -0.39 is 0 Å². The standard InChI is InChI=1S/C19H15N3OS3/c1-24-18-21-22-19(26-18)25-17(12-7-3-2-4-8-12)16(23)14-11-20-15-10-6-5-9-13(14)15/h2-11,17,20H,1H3/t17-/m0/s1. The lowest BCUT2D eigenvalue weighted by atomic mass is 10.0. The third-order valence-corrected chi connectivity index (χ3v) is 7.21. The van der Waals surface area contributed by atoms with Gasteiger partial charge in [0, 0.05) is 22.7 Å². The van der Waals surface area contributed by atoms with Crippen LogP contribution in [0, 0.1) is 0 Å². The Kier molecular flexibility index (Phi) is 5.10. The second-order valence-electron chi connectivity index (χ2n) is 5.56. The van der Waals surface area contributed by atoms with Crippen molar-refractivity contribution in [2.75, 3.05) is 6.26 Å². The minimum atomic E-state index is -0.363. The second kappa shape index (κ2) is 7.65. The van der Waals surface area contributed by atoms with Crippen LogP contribution >= 0.6 is 34.9 Å². The topological polar surface area (TPSA) is 58.6 Å². The maximum Gasteiger partial charge on any atom is 0.182 e. The maximum atomic E-state index is 13.4. The Labute approximate surface area is 163 Å². The summed E-state index contributed by atoms with van der Waals surface area (Å²) < 4.78 is 1.70. The van der Waals surface area contributed by atoms with Gasteiger partial charge < -0.3 is 4.98 Å². The summed E-state index contributed by atoms with van der Waals surface area (Å²) in [5.74, 6) is 0.0690. The van der Waals surface area contributed by atoms with Gasteiger partial charge in [0.05, 0.1) is 0 Å². The van der Waals surface area contributed by atoms with Crippen LogP contribution in [0.15, 0.2) is 69.5 Å². The summed E-state index contributed by atoms with van der Waals surface area (Å²) in [6.45, 7) is 0. The smallest absolute Gasteiger partial charge is 0.182 e. The van der Waals surface area contributed by atoms with Gasteiger partial charge in [-0.1, -0.05) is 83.4 Å². The molecular formula is C19H15N3OS3. The molecule has 0 fully saturated rings. The van der Waals surface area contributed by atoms with Crippen molar-refractivity contribution in [3.05, 3.63) is 71.9 Å². The largest absolute Gasteiger partial charge is 0.360 e. The summed E-state index contributed by atoms with van der Waals surface area (Å²) in [6.07, 6.45) is 3.78. The van der Waals surface area contributed by atoms with Crippen LogP contribution in [0.4, 0.5) is 0 Å². The third kappa shape index (κ3) is 3.42. The van der Waals surface area contributed by atoms with Crippen molar-refractivity contribution in [1.29, 1.82) is 0 Å². The average molecular weight is 398 g/mol. The molecule has 0 saturated carbocycles. The second-order valence-corrected chi connectivity index (χ2v) is 8.94. The number of hydrogen-bond donors (Lipinski definition) is 1. The van der Waals surface area contributed by atoms with Crippen LogP contribution in [0.3, 0.4) is 0 Å². The first-order valence-corrected chi connectivity index (χ1v) is 10.9. The van der Waals surface area contributed by atoms with Crippen LogP contribution in [0.1, 0.15) is 21.2 Å². The highest BCUT2D eigenvalue weighted by Crippen LogP contribution is 2.41. The van der Waals surface area contributed by atoms with E-state index in [1.54, 1.807) is 18.0 Å². The highest BCUT2D eigenvalue weighted by Gasteiger charge is 2.27. The minimum Gasteiger partial charge on any atom is -0.360 e. The number of thioether (sulfide) groups is 2. The highest BCUT2D eigenvalue weighted by atomic mass is 32.2. The minimum absolute atomic E-state index is 0.0690. The van der Waals surface area contributed by atoms with E-state index in [1.807, 2.05) is 60.9 Å². The van der Waals surface area contributed by atoms with Crippen molar-refractivity contribution in [1.82, 2.24) is 15.2 Å². The molecule has 0 radical (unpaired) electrons. The molecule has 4 rings (SSSR count). The van der Waals surface area contributed by atoms with Crippen molar-refractivity contribution in [2.45, 2.75) is 13.9 Å². The molecule has 2 heterocycles. The summed E-state index contributed by atoms with van der Waals surface area (Å²) in [5, 5.41) is 8.96. The van der Waals surface area contributed by atoms with Crippen LogP contribution in [-0.2, 0) is 0 Å². The number of nitrogens with one attached hydrogen (secondary N) is 1. The summed E-state index contributed by atoms with van der Waals surface area (Å²) in [7, 11) is 0. The molecule has 0 amide bonds. The lowest BCUT2D eigenvalue weighted by molar-refractivity contribution is 0.0991. The van der Waals surface area contributed by atoms with E-state index in [0.29, 0.717) is 5.56 Å². The number of carbonyl (C=O) groups excluding carboxylic acids is 1. The first-order valence-electron chi connectivity index (χ1n) is 7.95. The van der Waals surface area contributed by atoms with E-state index in [4.69, 9.17) is 0 Å². The van der Waals surface area contributed by atoms with Crippen LogP contribution in [0.2, 0.25) is 0 Å². The van der Waals surface area contributed by atoms with Crippen LogP contribution < -0.4 is 0 Å². The number of ketones is 1. The van der Waals surface area contributed by atoms with Gasteiger partial charge >= 0.3 is 0 Å². The van der Waals surface area contributed by atoms with Gasteiger partial charge in [-0.25, -0.2) is 0 Å². The molecule has 1 atom stereocenters. The van der Waals surface area contributed by atoms with Gasteiger partial charge in [0.15, 0.2) is 14.5 Å². The van der Waals surface area contributed by atoms with Crippen molar-refractivity contribution in [3.8, 4) is 0 Å². The maximum absolute atomic E-state index is 13.4. The van der Waals surface area contributed by atoms with Gasteiger partial charge in [-0.05, 0) is 17.9 Å². The Hall–Kier alpha value is -2.09. The van der Waals surface area contributed by atoms with Crippen molar-refractivity contribution in [3.63, 3.8) is 0 Å². The molecule has 2 aromatic carbocycles. The number of carbonyl (C=O) groups is 1. The zero-order chi connectivity index (χ0) is 17.9. The monoisotopic (exact) mass is 397 g/mol. The van der Waals surface area contributed by atoms with Gasteiger partial charge in [-0.3, -0.25) is 4.79 Å². The van der Waals surface area contributed by atoms with Crippen LogP contribution in [-0.4, -0.2) is 27.2 Å². The normalized spacial score (nSPS) is 12.3. The van der Waals surface area contributed by atoms with E-state index >= 15 is 0 Å². The third-order valence-electron chi connectivity index (χ3n) is 3.98. The number of aromatic amines is 1. The SMILES string of the molecule is CSc1nnc(S[C@H](C(=O)c2c[nH]c3ccccc23)c2ccccc2)s1. The molecule has 0 saturated heterocycles. The molecule has 2 aromatic heterocycles. The first-order chi connectivity index (χ1) is 12.8. The first kappa shape index (κ1) is 17.3. The van der Waals surface area contributed by atoms with Gasteiger partial charge in [0.1, 0.15) is 5.25 Å². The molecule has 0 bridgehead atoms. The van der Waals surface area contributed by atoms with Crippen molar-refractivity contribution < 1.29 is 4.79 Å². The molecule has 0 aliphatic heterocycles. The van der Waals surface area contributed by atoms with Crippen LogP contribution in [0.5, 0.6) is 0 Å². The molecule has 26 heavy (non-hydrogen) atoms. The Morgan fingerprint density at radius 3 is 2.54 bits per heavy atom. The Morgan fingerprint density at radius 1 is 1.04 bits per heavy atom. The van der Waals surface area contributed by atoms with Crippen molar-refractivity contribution in [2.24, 2.45) is 0 Å². The fraction of sp³-hybridized carbons (Fsp3) is 0.105. The summed E-state index contributed by atoms with van der Waals surface area (Å²) in [4.78, 5) is 16.6. The fourth-order valence-electron chi connectivity index (χ4n) is 2.75. The van der Waals surface area contributed by atoms with E-state index in [9.17, 15) is 4.79 Å². The Balaban J connectivity index is 1.73. The summed E-state index contributed by atoms with van der Waals surface area (Å²) in [5.41, 5.74) is 2.64. The number of para-hydroxylation sites is 1. The molecule has 4 aromatic rings. The lowest BCUT2D eigenvalue weighted by Crippen LogP contribution is -2.09. The predicted octanol–water partition coefficient (Wildman–Crippen LogP) is 5.46. The molecule has 7 heteroatoms. The highest BCUT2D eigenvalue weighted by molar-refractivity contribution is 8.03. The number of fused-ring (bicyclic) bond motifs is 1. The molecule has 0 aliphatic rings. The number of nitrogens with zero attached hydrogens (tertiary/aromatic N) is 2. The Bertz CT molecular complexity index is 1040. The van der Waals surface area contributed by atoms with E-state index in [2.05, 4.69) is 15.2 Å². The number of aromatic nitrogens is 3. The van der Waals surface area contributed by atoms with E-state index in [1.165, 1.54) is 23.1 Å².